The first kappa shape index (κ1) is 21.1. The minimum Gasteiger partial charge on any atom is -0.467 e. The van der Waals surface area contributed by atoms with Gasteiger partial charge < -0.3 is 4.42 Å². The van der Waals surface area contributed by atoms with Crippen LogP contribution in [0.1, 0.15) is 34.9 Å². The van der Waals surface area contributed by atoms with Crippen molar-refractivity contribution in [3.05, 3.63) is 89.4 Å². The van der Waals surface area contributed by atoms with Crippen molar-refractivity contribution in [1.82, 2.24) is 25.2 Å². The molecule has 0 bridgehead atoms. The Morgan fingerprint density at radius 2 is 1.91 bits per heavy atom. The first-order valence-corrected chi connectivity index (χ1v) is 11.6. The van der Waals surface area contributed by atoms with E-state index in [9.17, 15) is 4.79 Å². The molecule has 0 unspecified atom stereocenters. The molecule has 3 heterocycles. The van der Waals surface area contributed by atoms with Gasteiger partial charge in [-0.2, -0.15) is 9.78 Å². The third-order valence-electron chi connectivity index (χ3n) is 5.53. The highest BCUT2D eigenvalue weighted by molar-refractivity contribution is 7.99. The van der Waals surface area contributed by atoms with Gasteiger partial charge in [0.05, 0.1) is 23.4 Å². The molecule has 2 aromatic carbocycles. The highest BCUT2D eigenvalue weighted by Gasteiger charge is 2.35. The van der Waals surface area contributed by atoms with E-state index in [2.05, 4.69) is 20.6 Å². The van der Waals surface area contributed by atoms with Gasteiger partial charge in [0.25, 0.3) is 5.91 Å². The zero-order chi connectivity index (χ0) is 22.8. The van der Waals surface area contributed by atoms with Crippen LogP contribution >= 0.6 is 11.8 Å². The summed E-state index contributed by atoms with van der Waals surface area (Å²) in [4.78, 5) is 13.3. The summed E-state index contributed by atoms with van der Waals surface area (Å²) in [6.07, 6.45) is 2.21. The quantitative estimate of drug-likeness (QED) is 0.399. The van der Waals surface area contributed by atoms with E-state index < -0.39 is 0 Å². The Morgan fingerprint density at radius 3 is 2.67 bits per heavy atom. The number of nitrogens with zero attached hydrogens (tertiary/aromatic N) is 6. The molecule has 1 atom stereocenters. The second-order valence-electron chi connectivity index (χ2n) is 7.83. The summed E-state index contributed by atoms with van der Waals surface area (Å²) < 4.78 is 7.29. The van der Waals surface area contributed by atoms with E-state index in [1.54, 1.807) is 10.9 Å². The molecule has 0 aliphatic carbocycles. The topological polar surface area (TPSA) is 89.4 Å². The van der Waals surface area contributed by atoms with E-state index in [1.165, 1.54) is 22.3 Å². The second-order valence-corrected chi connectivity index (χ2v) is 8.78. The van der Waals surface area contributed by atoms with Crippen LogP contribution in [0.3, 0.4) is 0 Å². The second kappa shape index (κ2) is 9.03. The average Bonchev–Trinajstić information content (AvgIpc) is 3.59. The zero-order valence-corrected chi connectivity index (χ0v) is 19.1. The maximum absolute atomic E-state index is 13.3. The van der Waals surface area contributed by atoms with Gasteiger partial charge in [0, 0.05) is 6.42 Å². The zero-order valence-electron chi connectivity index (χ0n) is 18.3. The lowest BCUT2D eigenvalue weighted by molar-refractivity contribution is -0.130. The van der Waals surface area contributed by atoms with Gasteiger partial charge in [-0.15, -0.1) is 5.10 Å². The fourth-order valence-electron chi connectivity index (χ4n) is 3.78. The minimum absolute atomic E-state index is 0.136. The molecule has 1 amide bonds. The van der Waals surface area contributed by atoms with Gasteiger partial charge in [0.1, 0.15) is 11.8 Å². The normalized spacial score (nSPS) is 15.6. The highest BCUT2D eigenvalue weighted by Crippen LogP contribution is 2.34. The van der Waals surface area contributed by atoms with Crippen molar-refractivity contribution in [3.63, 3.8) is 0 Å². The Labute approximate surface area is 195 Å². The van der Waals surface area contributed by atoms with E-state index in [0.29, 0.717) is 17.3 Å². The number of carbonyl (C=O) groups is 1. The number of carbonyl (C=O) groups excluding carboxylic acids is 1. The Kier molecular flexibility index (Phi) is 5.78. The van der Waals surface area contributed by atoms with E-state index in [4.69, 9.17) is 4.42 Å². The third kappa shape index (κ3) is 4.31. The summed E-state index contributed by atoms with van der Waals surface area (Å²) in [5, 5.41) is 18.8. The molecule has 0 N–H and O–H groups in total. The molecule has 0 spiro atoms. The van der Waals surface area contributed by atoms with Gasteiger partial charge in [-0.05, 0) is 53.6 Å². The number of para-hydroxylation sites is 1. The number of tetrazole rings is 1. The van der Waals surface area contributed by atoms with Gasteiger partial charge in [-0.3, -0.25) is 4.79 Å². The Bertz CT molecular complexity index is 1300. The van der Waals surface area contributed by atoms with Crippen molar-refractivity contribution in [2.45, 2.75) is 31.5 Å². The smallest absolute Gasteiger partial charge is 0.253 e. The Hall–Kier alpha value is -3.72. The molecular formula is C24H22N6O2S. The average molecular weight is 459 g/mol. The fourth-order valence-corrected chi connectivity index (χ4v) is 4.51. The largest absolute Gasteiger partial charge is 0.467 e. The summed E-state index contributed by atoms with van der Waals surface area (Å²) in [5.74, 6) is 0.723. The standard InChI is InChI=1S/C24H22N6O2S/c1-16-9-11-18(12-10-16)19-14-21(22-8-5-13-32-22)29(26-19)23(31)15-33-24-25-27-28-30(24)20-7-4-3-6-17(20)2/h3-13,21H,14-15H2,1-2H3/t21-/m0/s1. The fraction of sp³-hybridized carbons (Fsp3) is 0.208. The number of thioether (sulfide) groups is 1. The number of hydrazone groups is 1. The van der Waals surface area contributed by atoms with Crippen molar-refractivity contribution >= 4 is 23.4 Å². The number of rotatable bonds is 6. The molecular weight excluding hydrogens is 436 g/mol. The molecule has 9 heteroatoms. The van der Waals surface area contributed by atoms with Gasteiger partial charge in [-0.25, -0.2) is 5.01 Å². The Balaban J connectivity index is 1.37. The molecule has 0 saturated carbocycles. The molecule has 2 aromatic heterocycles. The van der Waals surface area contributed by atoms with Crippen LogP contribution in [0.25, 0.3) is 5.69 Å². The van der Waals surface area contributed by atoms with Crippen LogP contribution in [0.15, 0.2) is 81.6 Å². The van der Waals surface area contributed by atoms with E-state index >= 15 is 0 Å². The monoisotopic (exact) mass is 458 g/mol. The number of aromatic nitrogens is 4. The summed E-state index contributed by atoms with van der Waals surface area (Å²) >= 11 is 1.29. The van der Waals surface area contributed by atoms with Gasteiger partial charge in [-0.1, -0.05) is 59.8 Å². The molecule has 166 valence electrons. The number of benzene rings is 2. The maximum atomic E-state index is 13.3. The molecule has 5 rings (SSSR count). The van der Waals surface area contributed by atoms with Crippen molar-refractivity contribution in [2.75, 3.05) is 5.75 Å². The van der Waals surface area contributed by atoms with Crippen molar-refractivity contribution in [2.24, 2.45) is 5.10 Å². The predicted molar refractivity (Wildman–Crippen MR) is 125 cm³/mol. The SMILES string of the molecule is Cc1ccc(C2=NN(C(=O)CSc3nnnn3-c3ccccc3C)[C@H](c3ccco3)C2)cc1. The van der Waals surface area contributed by atoms with Crippen LogP contribution in [-0.2, 0) is 4.79 Å². The summed E-state index contributed by atoms with van der Waals surface area (Å²) in [7, 11) is 0. The van der Waals surface area contributed by atoms with Gasteiger partial charge in [0.2, 0.25) is 5.16 Å². The number of aryl methyl sites for hydroxylation is 2. The summed E-state index contributed by atoms with van der Waals surface area (Å²) in [6, 6.07) is 19.4. The molecule has 8 nitrogen and oxygen atoms in total. The first-order chi connectivity index (χ1) is 16.1. The van der Waals surface area contributed by atoms with Crippen molar-refractivity contribution < 1.29 is 9.21 Å². The van der Waals surface area contributed by atoms with E-state index in [1.807, 2.05) is 74.5 Å². The number of hydrogen-bond acceptors (Lipinski definition) is 7. The number of hydrogen-bond donors (Lipinski definition) is 0. The number of amides is 1. The molecule has 0 fully saturated rings. The van der Waals surface area contributed by atoms with Crippen molar-refractivity contribution in [1.29, 1.82) is 0 Å². The minimum atomic E-state index is -0.281. The highest BCUT2D eigenvalue weighted by atomic mass is 32.2. The predicted octanol–water partition coefficient (Wildman–Crippen LogP) is 4.34. The van der Waals surface area contributed by atoms with Crippen LogP contribution < -0.4 is 0 Å². The van der Waals surface area contributed by atoms with Crippen LogP contribution in [0.2, 0.25) is 0 Å². The summed E-state index contributed by atoms with van der Waals surface area (Å²) in [6.45, 7) is 4.04. The third-order valence-corrected chi connectivity index (χ3v) is 6.44. The van der Waals surface area contributed by atoms with Crippen molar-refractivity contribution in [3.8, 4) is 5.69 Å². The van der Waals surface area contributed by atoms with Crippen LogP contribution in [0.4, 0.5) is 0 Å². The molecule has 33 heavy (non-hydrogen) atoms. The lowest BCUT2D eigenvalue weighted by Gasteiger charge is -2.19. The lowest BCUT2D eigenvalue weighted by Crippen LogP contribution is -2.28. The summed E-state index contributed by atoms with van der Waals surface area (Å²) in [5.41, 5.74) is 4.97. The van der Waals surface area contributed by atoms with E-state index in [-0.39, 0.29) is 17.7 Å². The maximum Gasteiger partial charge on any atom is 0.253 e. The van der Waals surface area contributed by atoms with Crippen LogP contribution in [0.5, 0.6) is 0 Å². The molecule has 0 saturated heterocycles. The molecule has 1 aliphatic heterocycles. The molecule has 4 aromatic rings. The molecule has 1 aliphatic rings. The van der Waals surface area contributed by atoms with Gasteiger partial charge >= 0.3 is 0 Å². The lowest BCUT2D eigenvalue weighted by atomic mass is 10.0. The molecule has 0 radical (unpaired) electrons. The van der Waals surface area contributed by atoms with Crippen LogP contribution in [0, 0.1) is 13.8 Å². The number of furan rings is 1. The Morgan fingerprint density at radius 1 is 1.09 bits per heavy atom. The van der Waals surface area contributed by atoms with Gasteiger partial charge in [0.15, 0.2) is 0 Å². The van der Waals surface area contributed by atoms with Crippen LogP contribution in [-0.4, -0.2) is 42.6 Å². The van der Waals surface area contributed by atoms with E-state index in [0.717, 1.165) is 22.5 Å². The first-order valence-electron chi connectivity index (χ1n) is 10.6.